The van der Waals surface area contributed by atoms with Gasteiger partial charge in [0.25, 0.3) is 0 Å². The zero-order valence-electron chi connectivity index (χ0n) is 18.0. The summed E-state index contributed by atoms with van der Waals surface area (Å²) in [5, 5.41) is 1.95. The number of aromatic nitrogens is 4. The fourth-order valence-corrected chi connectivity index (χ4v) is 5.09. The van der Waals surface area contributed by atoms with Gasteiger partial charge in [-0.05, 0) is 44.5 Å². The largest absolute Gasteiger partial charge is 0.493 e. The standard InChI is InChI=1S/C24H25N5O3/c1-24(2)31-20-15(12-30-16-6-5-14-4-3-8-26-18(14)11-16)10-19(21(20)32-24)29-9-7-17-22(25)27-13-28-23(17)29/h3-9,11,13,15,19-21H,10,12H2,1-2H3,(H2,25,27,28)/t15-,19-,20-,21+/m1/s1. The average molecular weight is 431 g/mol. The molecule has 0 unspecified atom stereocenters. The van der Waals surface area contributed by atoms with Gasteiger partial charge in [0.2, 0.25) is 0 Å². The van der Waals surface area contributed by atoms with Crippen molar-refractivity contribution in [1.29, 1.82) is 0 Å². The molecule has 1 aromatic carbocycles. The lowest BCUT2D eigenvalue weighted by molar-refractivity contribution is -0.161. The van der Waals surface area contributed by atoms with Crippen molar-refractivity contribution < 1.29 is 14.2 Å². The molecular formula is C24H25N5O3. The van der Waals surface area contributed by atoms with Crippen LogP contribution in [0.15, 0.2) is 55.1 Å². The molecule has 2 aliphatic rings. The fourth-order valence-electron chi connectivity index (χ4n) is 5.09. The van der Waals surface area contributed by atoms with E-state index in [-0.39, 0.29) is 24.2 Å². The summed E-state index contributed by atoms with van der Waals surface area (Å²) in [6.45, 7) is 4.46. The number of anilines is 1. The number of hydrogen-bond acceptors (Lipinski definition) is 7. The van der Waals surface area contributed by atoms with Crippen LogP contribution in [0.1, 0.15) is 26.3 Å². The van der Waals surface area contributed by atoms with Gasteiger partial charge in [-0.3, -0.25) is 4.98 Å². The first-order valence-electron chi connectivity index (χ1n) is 10.9. The Morgan fingerprint density at radius 3 is 2.91 bits per heavy atom. The van der Waals surface area contributed by atoms with Gasteiger partial charge >= 0.3 is 0 Å². The lowest BCUT2D eigenvalue weighted by Gasteiger charge is -2.24. The molecule has 1 saturated heterocycles. The van der Waals surface area contributed by atoms with Crippen molar-refractivity contribution in [1.82, 2.24) is 19.5 Å². The van der Waals surface area contributed by atoms with Gasteiger partial charge in [-0.1, -0.05) is 6.07 Å². The van der Waals surface area contributed by atoms with Crippen molar-refractivity contribution in [3.05, 3.63) is 55.1 Å². The van der Waals surface area contributed by atoms with E-state index in [2.05, 4.69) is 19.5 Å². The maximum absolute atomic E-state index is 6.34. The number of ether oxygens (including phenoxy) is 3. The molecule has 2 fully saturated rings. The summed E-state index contributed by atoms with van der Waals surface area (Å²) in [4.78, 5) is 13.0. The smallest absolute Gasteiger partial charge is 0.163 e. The summed E-state index contributed by atoms with van der Waals surface area (Å²) in [7, 11) is 0. The van der Waals surface area contributed by atoms with E-state index in [4.69, 9.17) is 19.9 Å². The molecule has 0 radical (unpaired) electrons. The molecule has 0 spiro atoms. The molecule has 4 atom stereocenters. The highest BCUT2D eigenvalue weighted by Gasteiger charge is 2.54. The molecule has 0 bridgehead atoms. The molecular weight excluding hydrogens is 406 g/mol. The Bertz CT molecular complexity index is 1300. The molecule has 4 aromatic rings. The third kappa shape index (κ3) is 3.18. The zero-order chi connectivity index (χ0) is 21.9. The predicted octanol–water partition coefficient (Wildman–Crippen LogP) is 3.72. The van der Waals surface area contributed by atoms with E-state index in [0.717, 1.165) is 34.1 Å². The van der Waals surface area contributed by atoms with Crippen LogP contribution in [0.5, 0.6) is 5.75 Å². The molecule has 32 heavy (non-hydrogen) atoms. The number of benzene rings is 1. The molecule has 8 nitrogen and oxygen atoms in total. The van der Waals surface area contributed by atoms with Crippen LogP contribution >= 0.6 is 0 Å². The minimum Gasteiger partial charge on any atom is -0.493 e. The average Bonchev–Trinajstić information content (AvgIpc) is 3.44. The minimum atomic E-state index is -0.643. The van der Waals surface area contributed by atoms with Crippen LogP contribution in [0.4, 0.5) is 5.82 Å². The number of rotatable bonds is 4. The van der Waals surface area contributed by atoms with E-state index in [1.165, 1.54) is 6.33 Å². The summed E-state index contributed by atoms with van der Waals surface area (Å²) in [5.74, 6) is 0.817. The van der Waals surface area contributed by atoms with Crippen LogP contribution in [0, 0.1) is 5.92 Å². The Balaban J connectivity index is 1.28. The summed E-state index contributed by atoms with van der Waals surface area (Å²) >= 11 is 0. The van der Waals surface area contributed by atoms with Gasteiger partial charge < -0.3 is 24.5 Å². The fraction of sp³-hybridized carbons (Fsp3) is 0.375. The van der Waals surface area contributed by atoms with Gasteiger partial charge in [-0.2, -0.15) is 0 Å². The molecule has 1 aliphatic carbocycles. The number of fused-ring (bicyclic) bond motifs is 3. The van der Waals surface area contributed by atoms with Crippen LogP contribution in [-0.4, -0.2) is 44.1 Å². The Morgan fingerprint density at radius 2 is 2.00 bits per heavy atom. The molecule has 164 valence electrons. The molecule has 4 heterocycles. The van der Waals surface area contributed by atoms with Crippen LogP contribution in [-0.2, 0) is 9.47 Å². The number of nitrogens with zero attached hydrogens (tertiary/aromatic N) is 4. The molecule has 1 aliphatic heterocycles. The third-order valence-corrected chi connectivity index (χ3v) is 6.49. The maximum atomic E-state index is 6.34. The van der Waals surface area contributed by atoms with Crippen molar-refractivity contribution in [3.63, 3.8) is 0 Å². The van der Waals surface area contributed by atoms with E-state index in [1.54, 1.807) is 6.20 Å². The van der Waals surface area contributed by atoms with Crippen molar-refractivity contribution in [2.45, 2.75) is 44.3 Å². The minimum absolute atomic E-state index is 0.0646. The first-order valence-corrected chi connectivity index (χ1v) is 10.9. The van der Waals surface area contributed by atoms with Gasteiger partial charge in [0, 0.05) is 29.8 Å². The molecule has 2 N–H and O–H groups in total. The maximum Gasteiger partial charge on any atom is 0.163 e. The number of pyridine rings is 1. The SMILES string of the molecule is CC1(C)O[C@@H]2[C@@H](COc3ccc4cccnc4c3)C[C@@H](n3ccc4c(N)ncnc43)[C@@H]2O1. The summed E-state index contributed by atoms with van der Waals surface area (Å²) < 4.78 is 21.0. The first-order chi connectivity index (χ1) is 15.5. The number of nitrogens with two attached hydrogens (primary N) is 1. The van der Waals surface area contributed by atoms with Crippen molar-refractivity contribution in [3.8, 4) is 5.75 Å². The van der Waals surface area contributed by atoms with Crippen molar-refractivity contribution in [2.75, 3.05) is 12.3 Å². The van der Waals surface area contributed by atoms with Gasteiger partial charge in [0.1, 0.15) is 29.6 Å². The van der Waals surface area contributed by atoms with Crippen LogP contribution in [0.3, 0.4) is 0 Å². The highest BCUT2D eigenvalue weighted by atomic mass is 16.8. The van der Waals surface area contributed by atoms with E-state index in [9.17, 15) is 0 Å². The van der Waals surface area contributed by atoms with Gasteiger partial charge in [0.15, 0.2) is 5.79 Å². The predicted molar refractivity (Wildman–Crippen MR) is 120 cm³/mol. The van der Waals surface area contributed by atoms with Crippen LogP contribution in [0.25, 0.3) is 21.9 Å². The first kappa shape index (κ1) is 19.5. The number of nitrogen functional groups attached to an aromatic ring is 1. The number of hydrogen-bond donors (Lipinski definition) is 1. The highest BCUT2D eigenvalue weighted by molar-refractivity contribution is 5.86. The van der Waals surface area contributed by atoms with Gasteiger partial charge in [0.05, 0.1) is 29.7 Å². The van der Waals surface area contributed by atoms with E-state index in [1.807, 2.05) is 56.4 Å². The second-order valence-corrected chi connectivity index (χ2v) is 9.02. The lowest BCUT2D eigenvalue weighted by atomic mass is 10.1. The Labute approximate surface area is 185 Å². The zero-order valence-corrected chi connectivity index (χ0v) is 18.0. The van der Waals surface area contributed by atoms with Crippen molar-refractivity contribution in [2.24, 2.45) is 5.92 Å². The third-order valence-electron chi connectivity index (χ3n) is 6.49. The summed E-state index contributed by atoms with van der Waals surface area (Å²) in [5.41, 5.74) is 7.79. The Hall–Kier alpha value is -3.23. The van der Waals surface area contributed by atoms with E-state index >= 15 is 0 Å². The second-order valence-electron chi connectivity index (χ2n) is 9.02. The Morgan fingerprint density at radius 1 is 1.12 bits per heavy atom. The van der Waals surface area contributed by atoms with E-state index < -0.39 is 5.79 Å². The molecule has 1 saturated carbocycles. The van der Waals surface area contributed by atoms with E-state index in [0.29, 0.717) is 12.4 Å². The molecule has 6 rings (SSSR count). The monoisotopic (exact) mass is 431 g/mol. The summed E-state index contributed by atoms with van der Waals surface area (Å²) in [6, 6.07) is 12.0. The normalized spacial score (nSPS) is 26.6. The van der Waals surface area contributed by atoms with Gasteiger partial charge in [-0.25, -0.2) is 9.97 Å². The molecule has 3 aromatic heterocycles. The van der Waals surface area contributed by atoms with Crippen LogP contribution < -0.4 is 10.5 Å². The second kappa shape index (κ2) is 7.15. The van der Waals surface area contributed by atoms with Crippen LogP contribution in [0.2, 0.25) is 0 Å². The quantitative estimate of drug-likeness (QED) is 0.526. The van der Waals surface area contributed by atoms with Crippen molar-refractivity contribution >= 4 is 27.8 Å². The highest BCUT2D eigenvalue weighted by Crippen LogP contribution is 2.48. The lowest BCUT2D eigenvalue weighted by Crippen LogP contribution is -2.29. The summed E-state index contributed by atoms with van der Waals surface area (Å²) in [6.07, 6.45) is 6.01. The van der Waals surface area contributed by atoms with Gasteiger partial charge in [-0.15, -0.1) is 0 Å². The topological polar surface area (TPSA) is 97.3 Å². The molecule has 0 amide bonds. The Kier molecular flexibility index (Phi) is 4.34. The molecule has 8 heteroatoms.